The summed E-state index contributed by atoms with van der Waals surface area (Å²) in [5.41, 5.74) is 3.23. The molecule has 0 bridgehead atoms. The van der Waals surface area contributed by atoms with Gasteiger partial charge in [0.25, 0.3) is 0 Å². The molecule has 2 aromatic carbocycles. The van der Waals surface area contributed by atoms with Gasteiger partial charge in [0.15, 0.2) is 11.5 Å². The summed E-state index contributed by atoms with van der Waals surface area (Å²) in [6.45, 7) is 0. The Hall–Kier alpha value is -3.12. The lowest BCUT2D eigenvalue weighted by atomic mass is 10.2. The first-order valence-corrected chi connectivity index (χ1v) is 9.55. The Labute approximate surface area is 167 Å². The van der Waals surface area contributed by atoms with Gasteiger partial charge in [-0.15, -0.1) is 0 Å². The van der Waals surface area contributed by atoms with Crippen molar-refractivity contribution in [2.45, 2.75) is 9.79 Å². The molecule has 0 spiro atoms. The number of para-hydroxylation sites is 1. The summed E-state index contributed by atoms with van der Waals surface area (Å²) in [6.07, 6.45) is 3.60. The SMILES string of the molecule is COc1cc(Sc2c(-c3ccncc3)[nH]c3ccccc23)cc(OC)c1OC. The fraction of sp³-hybridized carbons (Fsp3) is 0.136. The summed E-state index contributed by atoms with van der Waals surface area (Å²) in [5, 5.41) is 1.16. The Morgan fingerprint density at radius 1 is 0.857 bits per heavy atom. The van der Waals surface area contributed by atoms with E-state index in [0.717, 1.165) is 32.0 Å². The highest BCUT2D eigenvalue weighted by Gasteiger charge is 2.18. The number of aromatic amines is 1. The fourth-order valence-corrected chi connectivity index (χ4v) is 4.30. The number of aromatic nitrogens is 2. The minimum Gasteiger partial charge on any atom is -0.493 e. The van der Waals surface area contributed by atoms with Crippen LogP contribution in [0.15, 0.2) is 70.7 Å². The van der Waals surface area contributed by atoms with Gasteiger partial charge in [-0.2, -0.15) is 0 Å². The van der Waals surface area contributed by atoms with E-state index in [4.69, 9.17) is 14.2 Å². The molecule has 4 rings (SSSR count). The van der Waals surface area contributed by atoms with E-state index in [1.165, 1.54) is 0 Å². The number of benzene rings is 2. The van der Waals surface area contributed by atoms with Gasteiger partial charge in [-0.1, -0.05) is 30.0 Å². The third kappa shape index (κ3) is 3.27. The molecule has 0 saturated carbocycles. The van der Waals surface area contributed by atoms with E-state index in [-0.39, 0.29) is 0 Å². The zero-order valence-electron chi connectivity index (χ0n) is 15.9. The highest BCUT2D eigenvalue weighted by molar-refractivity contribution is 7.99. The molecule has 0 atom stereocenters. The average Bonchev–Trinajstić information content (AvgIpc) is 3.12. The number of pyridine rings is 1. The molecule has 0 aliphatic carbocycles. The van der Waals surface area contributed by atoms with Crippen molar-refractivity contribution in [2.24, 2.45) is 0 Å². The zero-order chi connectivity index (χ0) is 19.5. The van der Waals surface area contributed by atoms with Gasteiger partial charge in [-0.3, -0.25) is 4.98 Å². The number of nitrogens with one attached hydrogen (secondary N) is 1. The number of rotatable bonds is 6. The summed E-state index contributed by atoms with van der Waals surface area (Å²) in [6, 6.07) is 16.2. The molecule has 0 aliphatic rings. The number of ether oxygens (including phenoxy) is 3. The van der Waals surface area contributed by atoms with Crippen molar-refractivity contribution in [2.75, 3.05) is 21.3 Å². The van der Waals surface area contributed by atoms with Gasteiger partial charge in [0, 0.05) is 38.7 Å². The molecule has 0 fully saturated rings. The third-order valence-electron chi connectivity index (χ3n) is 4.49. The summed E-state index contributed by atoms with van der Waals surface area (Å²) in [7, 11) is 4.86. The fourth-order valence-electron chi connectivity index (χ4n) is 3.18. The molecule has 0 aliphatic heterocycles. The van der Waals surface area contributed by atoms with Crippen LogP contribution >= 0.6 is 11.8 Å². The number of methoxy groups -OCH3 is 3. The Bertz CT molecular complexity index is 1080. The van der Waals surface area contributed by atoms with Gasteiger partial charge in [-0.05, 0) is 30.3 Å². The molecule has 4 aromatic rings. The van der Waals surface area contributed by atoms with Crippen LogP contribution in [0.4, 0.5) is 0 Å². The van der Waals surface area contributed by atoms with Crippen LogP contribution in [0.3, 0.4) is 0 Å². The molecule has 5 nitrogen and oxygen atoms in total. The Kier molecular flexibility index (Phi) is 5.12. The quantitative estimate of drug-likeness (QED) is 0.476. The predicted octanol–water partition coefficient (Wildman–Crippen LogP) is 5.41. The van der Waals surface area contributed by atoms with Crippen molar-refractivity contribution in [3.8, 4) is 28.5 Å². The van der Waals surface area contributed by atoms with Crippen LogP contribution in [0.25, 0.3) is 22.2 Å². The zero-order valence-corrected chi connectivity index (χ0v) is 16.7. The van der Waals surface area contributed by atoms with E-state index in [0.29, 0.717) is 17.2 Å². The summed E-state index contributed by atoms with van der Waals surface area (Å²) < 4.78 is 16.5. The van der Waals surface area contributed by atoms with Crippen molar-refractivity contribution < 1.29 is 14.2 Å². The molecule has 6 heteroatoms. The van der Waals surface area contributed by atoms with Gasteiger partial charge in [0.2, 0.25) is 5.75 Å². The number of hydrogen-bond acceptors (Lipinski definition) is 5. The van der Waals surface area contributed by atoms with Crippen LogP contribution in [-0.4, -0.2) is 31.3 Å². The van der Waals surface area contributed by atoms with Crippen LogP contribution in [-0.2, 0) is 0 Å². The second-order valence-electron chi connectivity index (χ2n) is 6.07. The van der Waals surface area contributed by atoms with Crippen molar-refractivity contribution >= 4 is 22.7 Å². The van der Waals surface area contributed by atoms with Gasteiger partial charge < -0.3 is 19.2 Å². The lowest BCUT2D eigenvalue weighted by molar-refractivity contribution is 0.323. The molecule has 0 unspecified atom stereocenters. The second kappa shape index (κ2) is 7.86. The smallest absolute Gasteiger partial charge is 0.203 e. The lowest BCUT2D eigenvalue weighted by Crippen LogP contribution is -1.95. The summed E-state index contributed by atoms with van der Waals surface area (Å²) in [5.74, 6) is 1.85. The highest BCUT2D eigenvalue weighted by Crippen LogP contribution is 2.46. The summed E-state index contributed by atoms with van der Waals surface area (Å²) in [4.78, 5) is 9.81. The maximum atomic E-state index is 5.51. The number of nitrogens with zero attached hydrogens (tertiary/aromatic N) is 1. The molecule has 2 heterocycles. The van der Waals surface area contributed by atoms with Crippen molar-refractivity contribution in [1.29, 1.82) is 0 Å². The van der Waals surface area contributed by atoms with Gasteiger partial charge in [0.05, 0.1) is 27.0 Å². The minimum atomic E-state index is 0.586. The van der Waals surface area contributed by atoms with Crippen molar-refractivity contribution in [3.63, 3.8) is 0 Å². The topological polar surface area (TPSA) is 56.4 Å². The maximum absolute atomic E-state index is 5.51. The van der Waals surface area contributed by atoms with Gasteiger partial charge in [-0.25, -0.2) is 0 Å². The third-order valence-corrected chi connectivity index (χ3v) is 5.59. The van der Waals surface area contributed by atoms with Crippen LogP contribution in [0.5, 0.6) is 17.2 Å². The monoisotopic (exact) mass is 392 g/mol. The molecule has 28 heavy (non-hydrogen) atoms. The standard InChI is InChI=1S/C22H20N2O3S/c1-25-18-12-15(13-19(26-2)21(18)27-3)28-22-16-6-4-5-7-17(16)24-20(22)14-8-10-23-11-9-14/h4-13,24H,1-3H3. The number of H-pyrrole nitrogens is 1. The Morgan fingerprint density at radius 2 is 1.54 bits per heavy atom. The summed E-state index contributed by atoms with van der Waals surface area (Å²) >= 11 is 1.66. The average molecular weight is 392 g/mol. The van der Waals surface area contributed by atoms with E-state index >= 15 is 0 Å². The van der Waals surface area contributed by atoms with E-state index in [1.54, 1.807) is 45.5 Å². The largest absolute Gasteiger partial charge is 0.493 e. The molecule has 0 saturated heterocycles. The Morgan fingerprint density at radius 3 is 2.18 bits per heavy atom. The van der Waals surface area contributed by atoms with Gasteiger partial charge >= 0.3 is 0 Å². The molecule has 1 N–H and O–H groups in total. The Balaban J connectivity index is 1.86. The first-order valence-electron chi connectivity index (χ1n) is 8.74. The van der Waals surface area contributed by atoms with Crippen LogP contribution in [0.1, 0.15) is 0 Å². The number of hydrogen-bond donors (Lipinski definition) is 1. The molecular weight excluding hydrogens is 372 g/mol. The van der Waals surface area contributed by atoms with Gasteiger partial charge in [0.1, 0.15) is 0 Å². The first-order chi connectivity index (χ1) is 13.7. The number of fused-ring (bicyclic) bond motifs is 1. The molecule has 0 amide bonds. The van der Waals surface area contributed by atoms with Crippen LogP contribution in [0.2, 0.25) is 0 Å². The molecule has 2 aromatic heterocycles. The molecule has 0 radical (unpaired) electrons. The van der Waals surface area contributed by atoms with E-state index in [2.05, 4.69) is 22.1 Å². The molecule has 142 valence electrons. The maximum Gasteiger partial charge on any atom is 0.203 e. The van der Waals surface area contributed by atoms with E-state index < -0.39 is 0 Å². The van der Waals surface area contributed by atoms with Crippen LogP contribution < -0.4 is 14.2 Å². The second-order valence-corrected chi connectivity index (χ2v) is 7.16. The molecular formula is C22H20N2O3S. The minimum absolute atomic E-state index is 0.586. The lowest BCUT2D eigenvalue weighted by Gasteiger charge is -2.14. The van der Waals surface area contributed by atoms with Crippen molar-refractivity contribution in [1.82, 2.24) is 9.97 Å². The highest BCUT2D eigenvalue weighted by atomic mass is 32.2. The van der Waals surface area contributed by atoms with Crippen molar-refractivity contribution in [3.05, 3.63) is 60.9 Å². The predicted molar refractivity (Wildman–Crippen MR) is 112 cm³/mol. The van der Waals surface area contributed by atoms with E-state index in [9.17, 15) is 0 Å². The first kappa shape index (κ1) is 18.3. The normalized spacial score (nSPS) is 10.8. The van der Waals surface area contributed by atoms with Crippen LogP contribution in [0, 0.1) is 0 Å². The van der Waals surface area contributed by atoms with E-state index in [1.807, 2.05) is 36.4 Å².